The van der Waals surface area contributed by atoms with Crippen LogP contribution in [0.4, 0.5) is 5.69 Å². The summed E-state index contributed by atoms with van der Waals surface area (Å²) in [6, 6.07) is 25.1. The summed E-state index contributed by atoms with van der Waals surface area (Å²) in [7, 11) is 0. The minimum atomic E-state index is -0.584. The van der Waals surface area contributed by atoms with Crippen LogP contribution in [0.2, 0.25) is 0 Å². The van der Waals surface area contributed by atoms with Crippen molar-refractivity contribution in [2.45, 2.75) is 65.8 Å². The van der Waals surface area contributed by atoms with Crippen molar-refractivity contribution in [2.24, 2.45) is 10.8 Å². The topological polar surface area (TPSA) is 75.7 Å². The summed E-state index contributed by atoms with van der Waals surface area (Å²) in [5, 5.41) is 2.87. The largest absolute Gasteiger partial charge is 0.483 e. The number of allylic oxidation sites excluding steroid dienone is 4. The molecule has 1 amide bonds. The van der Waals surface area contributed by atoms with E-state index in [2.05, 4.69) is 66.0 Å². The molecule has 3 aromatic rings. The fourth-order valence-corrected chi connectivity index (χ4v) is 7.43. The van der Waals surface area contributed by atoms with E-state index in [1.54, 1.807) is 0 Å². The molecule has 0 aromatic heterocycles. The van der Waals surface area contributed by atoms with Gasteiger partial charge in [0.05, 0.1) is 0 Å². The quantitative estimate of drug-likeness (QED) is 0.274. The number of carbonyl (C=O) groups excluding carboxylic acids is 3. The number of hydrogen-bond acceptors (Lipinski definition) is 5. The van der Waals surface area contributed by atoms with Crippen LogP contribution < -0.4 is 10.1 Å². The second-order valence-corrected chi connectivity index (χ2v) is 14.9. The molecule has 0 radical (unpaired) electrons. The Kier molecular flexibility index (Phi) is 8.33. The maximum absolute atomic E-state index is 14.3. The molecule has 0 unspecified atom stereocenters. The Morgan fingerprint density at radius 3 is 1.96 bits per heavy atom. The Bertz CT molecular complexity index is 1670. The molecule has 1 N–H and O–H groups in total. The molecule has 3 aromatic carbocycles. The van der Waals surface area contributed by atoms with Gasteiger partial charge in [0.1, 0.15) is 5.75 Å². The van der Waals surface area contributed by atoms with Gasteiger partial charge in [0.15, 0.2) is 18.2 Å². The van der Waals surface area contributed by atoms with E-state index in [1.165, 1.54) is 0 Å². The van der Waals surface area contributed by atoms with Crippen LogP contribution in [-0.2, 0) is 20.9 Å². The first kappa shape index (κ1) is 31.0. The van der Waals surface area contributed by atoms with Gasteiger partial charge < -0.3 is 15.0 Å². The van der Waals surface area contributed by atoms with E-state index in [9.17, 15) is 14.4 Å². The van der Waals surface area contributed by atoms with Crippen molar-refractivity contribution in [1.29, 1.82) is 0 Å². The van der Waals surface area contributed by atoms with E-state index in [4.69, 9.17) is 4.74 Å². The summed E-state index contributed by atoms with van der Waals surface area (Å²) in [6.07, 6.45) is 2.22. The molecule has 6 rings (SSSR count). The number of amides is 1. The summed E-state index contributed by atoms with van der Waals surface area (Å²) in [6.45, 7) is 8.94. The molecular weight excluding hydrogens is 628 g/mol. The lowest BCUT2D eigenvalue weighted by Gasteiger charge is -2.49. The summed E-state index contributed by atoms with van der Waals surface area (Å²) in [4.78, 5) is 43.7. The first-order chi connectivity index (χ1) is 21.4. The second kappa shape index (κ2) is 12.1. The van der Waals surface area contributed by atoms with Gasteiger partial charge in [0, 0.05) is 63.6 Å². The first-order valence-corrected chi connectivity index (χ1v) is 16.3. The number of carbonyl (C=O) groups is 3. The number of anilines is 1. The van der Waals surface area contributed by atoms with Crippen LogP contribution in [0.1, 0.15) is 70.4 Å². The van der Waals surface area contributed by atoms with E-state index >= 15 is 0 Å². The van der Waals surface area contributed by atoms with Crippen LogP contribution >= 0.6 is 15.9 Å². The molecule has 0 bridgehead atoms. The van der Waals surface area contributed by atoms with Gasteiger partial charge in [-0.3, -0.25) is 14.4 Å². The fourth-order valence-electron chi connectivity index (χ4n) is 7.05. The lowest BCUT2D eigenvalue weighted by atomic mass is 9.63. The van der Waals surface area contributed by atoms with Gasteiger partial charge in [-0.05, 0) is 59.6 Å². The van der Waals surface area contributed by atoms with Crippen LogP contribution in [-0.4, -0.2) is 29.0 Å². The average molecular weight is 668 g/mol. The Hall–Kier alpha value is -3.97. The number of hydrogen-bond donors (Lipinski definition) is 1. The molecule has 3 aliphatic rings. The molecule has 0 saturated heterocycles. The van der Waals surface area contributed by atoms with Crippen molar-refractivity contribution in [1.82, 2.24) is 4.90 Å². The van der Waals surface area contributed by atoms with E-state index in [-0.39, 0.29) is 34.9 Å². The lowest BCUT2D eigenvalue weighted by molar-refractivity contribution is -0.120. The van der Waals surface area contributed by atoms with Gasteiger partial charge in [0.25, 0.3) is 5.91 Å². The van der Waals surface area contributed by atoms with Crippen LogP contribution in [0.25, 0.3) is 0 Å². The number of ether oxygens (including phenoxy) is 1. The first-order valence-electron chi connectivity index (χ1n) is 15.5. The molecule has 0 spiro atoms. The van der Waals surface area contributed by atoms with Crippen molar-refractivity contribution in [3.63, 3.8) is 0 Å². The van der Waals surface area contributed by atoms with Crippen molar-refractivity contribution in [2.75, 3.05) is 11.9 Å². The summed E-state index contributed by atoms with van der Waals surface area (Å²) in [5.74, 6) is -0.281. The van der Waals surface area contributed by atoms with Gasteiger partial charge in [-0.1, -0.05) is 92.2 Å². The summed E-state index contributed by atoms with van der Waals surface area (Å²) in [5.41, 5.74) is 5.39. The Labute approximate surface area is 273 Å². The zero-order valence-electron chi connectivity index (χ0n) is 26.3. The van der Waals surface area contributed by atoms with Crippen molar-refractivity contribution < 1.29 is 19.1 Å². The zero-order valence-corrected chi connectivity index (χ0v) is 27.9. The number of rotatable bonds is 7. The van der Waals surface area contributed by atoms with E-state index in [1.807, 2.05) is 66.7 Å². The number of ketones is 2. The van der Waals surface area contributed by atoms with Crippen molar-refractivity contribution in [3.05, 3.63) is 117 Å². The fraction of sp³-hybridized carbons (Fsp3) is 0.342. The molecule has 2 aliphatic carbocycles. The third-order valence-corrected chi connectivity index (χ3v) is 9.40. The maximum Gasteiger partial charge on any atom is 0.262 e. The monoisotopic (exact) mass is 666 g/mol. The van der Waals surface area contributed by atoms with Gasteiger partial charge in [-0.25, -0.2) is 0 Å². The number of para-hydroxylation sites is 1. The molecule has 232 valence electrons. The number of benzene rings is 3. The minimum absolute atomic E-state index is 0.0567. The lowest BCUT2D eigenvalue weighted by Crippen LogP contribution is -2.44. The van der Waals surface area contributed by atoms with Gasteiger partial charge in [-0.15, -0.1) is 0 Å². The third-order valence-electron chi connectivity index (χ3n) is 8.90. The summed E-state index contributed by atoms with van der Waals surface area (Å²) >= 11 is 3.64. The maximum atomic E-state index is 14.3. The SMILES string of the molecule is CC1(C)CC(=O)C2=C(C1)N(Cc1ccccc1)C1=C(C(=O)CC(C)(C)C1)C2c1cc(Br)ccc1OCC(=O)Nc1ccccc1. The van der Waals surface area contributed by atoms with Crippen LogP contribution in [0.15, 0.2) is 106 Å². The zero-order chi connectivity index (χ0) is 31.9. The minimum Gasteiger partial charge on any atom is -0.483 e. The Balaban J connectivity index is 1.48. The Morgan fingerprint density at radius 2 is 1.38 bits per heavy atom. The number of nitrogens with zero attached hydrogens (tertiary/aromatic N) is 1. The summed E-state index contributed by atoms with van der Waals surface area (Å²) < 4.78 is 7.01. The smallest absolute Gasteiger partial charge is 0.262 e. The highest BCUT2D eigenvalue weighted by atomic mass is 79.9. The number of nitrogens with one attached hydrogen (secondary N) is 1. The Morgan fingerprint density at radius 1 is 0.822 bits per heavy atom. The predicted molar refractivity (Wildman–Crippen MR) is 180 cm³/mol. The molecule has 45 heavy (non-hydrogen) atoms. The standard InChI is InChI=1S/C38H39BrN2O4/c1-37(2)18-28-35(30(42)20-37)34(27-17-25(39)15-16-32(27)45-23-33(44)40-26-13-9-6-10-14-26)36-29(19-38(3,4)21-31(36)43)41(28)22-24-11-7-5-8-12-24/h5-17,34H,18-23H2,1-4H3,(H,40,44). The van der Waals surface area contributed by atoms with Crippen molar-refractivity contribution >= 4 is 39.1 Å². The molecule has 1 aliphatic heterocycles. The van der Waals surface area contributed by atoms with E-state index in [0.717, 1.165) is 27.0 Å². The molecule has 0 saturated carbocycles. The molecule has 1 heterocycles. The molecule has 0 fully saturated rings. The van der Waals surface area contributed by atoms with E-state index < -0.39 is 5.92 Å². The molecular formula is C38H39BrN2O4. The van der Waals surface area contributed by atoms with Crippen LogP contribution in [0.5, 0.6) is 5.75 Å². The second-order valence-electron chi connectivity index (χ2n) is 14.0. The van der Waals surface area contributed by atoms with Gasteiger partial charge in [-0.2, -0.15) is 0 Å². The molecule has 0 atom stereocenters. The van der Waals surface area contributed by atoms with Gasteiger partial charge in [0.2, 0.25) is 0 Å². The highest BCUT2D eigenvalue weighted by molar-refractivity contribution is 9.10. The predicted octanol–water partition coefficient (Wildman–Crippen LogP) is 8.35. The van der Waals surface area contributed by atoms with Gasteiger partial charge >= 0.3 is 0 Å². The number of halogens is 1. The highest BCUT2D eigenvalue weighted by Crippen LogP contribution is 2.56. The number of Topliss-reactive ketones (excluding diaryl/α,β-unsaturated/α-hetero) is 2. The molecule has 7 heteroatoms. The third kappa shape index (κ3) is 6.55. The van der Waals surface area contributed by atoms with Crippen LogP contribution in [0.3, 0.4) is 0 Å². The average Bonchev–Trinajstić information content (AvgIpc) is 2.97. The van der Waals surface area contributed by atoms with Crippen molar-refractivity contribution in [3.8, 4) is 5.75 Å². The normalized spacial score (nSPS) is 19.3. The van der Waals surface area contributed by atoms with Crippen LogP contribution in [0, 0.1) is 10.8 Å². The molecule has 6 nitrogen and oxygen atoms in total. The highest BCUT2D eigenvalue weighted by Gasteiger charge is 2.49. The van der Waals surface area contributed by atoms with E-state index in [0.29, 0.717) is 54.8 Å².